The Morgan fingerprint density at radius 1 is 1.31 bits per heavy atom. The average Bonchev–Trinajstić information content (AvgIpc) is 2.67. The molecule has 1 unspecified atom stereocenters. The van der Waals surface area contributed by atoms with Crippen LogP contribution in [0.25, 0.3) is 11.8 Å². The van der Waals surface area contributed by atoms with Gasteiger partial charge in [0.05, 0.1) is 6.04 Å². The third kappa shape index (κ3) is 4.67. The van der Waals surface area contributed by atoms with E-state index in [1.54, 1.807) is 0 Å². The minimum Gasteiger partial charge on any atom is -0.401 e. The van der Waals surface area contributed by atoms with E-state index in [1.807, 2.05) is 19.2 Å². The van der Waals surface area contributed by atoms with Crippen molar-refractivity contribution in [3.05, 3.63) is 73.0 Å². The zero-order chi connectivity index (χ0) is 19.1. The van der Waals surface area contributed by atoms with Crippen LogP contribution in [0.2, 0.25) is 0 Å². The van der Waals surface area contributed by atoms with E-state index in [1.165, 1.54) is 18.4 Å². The number of piperidine rings is 1. The Morgan fingerprint density at radius 2 is 2.00 bits per heavy atom. The number of nitrogens with two attached hydrogens (primary N) is 1. The van der Waals surface area contributed by atoms with Crippen molar-refractivity contribution in [1.29, 1.82) is 0 Å². The summed E-state index contributed by atoms with van der Waals surface area (Å²) in [5, 5.41) is 3.44. The van der Waals surface area contributed by atoms with Gasteiger partial charge in [0.1, 0.15) is 0 Å². The number of hydrogen-bond acceptors (Lipinski definition) is 3. The molecule has 26 heavy (non-hydrogen) atoms. The van der Waals surface area contributed by atoms with Crippen molar-refractivity contribution in [1.82, 2.24) is 10.2 Å². The maximum absolute atomic E-state index is 6.07. The largest absolute Gasteiger partial charge is 0.401 e. The van der Waals surface area contributed by atoms with E-state index in [-0.39, 0.29) is 6.04 Å². The van der Waals surface area contributed by atoms with Gasteiger partial charge in [-0.15, -0.1) is 6.58 Å². The standard InChI is InChI=1S/C23H33N3/c1-6-8-9-23(17(3)24)26(5)18(4)22-16-21(11-10-19(22)7-2)20-12-14-25-15-13-20/h6-7,10-11,16,20,23,25H,1-4,8-9,12-15,24H2,5H3. The number of allylic oxidation sites excluding steroid dienone is 1. The Hall–Kier alpha value is -2.26. The summed E-state index contributed by atoms with van der Waals surface area (Å²) in [7, 11) is 2.04. The molecule has 0 bridgehead atoms. The number of nitrogens with zero attached hydrogens (tertiary/aromatic N) is 1. The second kappa shape index (κ2) is 9.44. The van der Waals surface area contributed by atoms with Crippen molar-refractivity contribution in [3.8, 4) is 0 Å². The molecule has 0 aromatic heterocycles. The second-order valence-corrected chi connectivity index (χ2v) is 7.09. The van der Waals surface area contributed by atoms with Gasteiger partial charge in [0.2, 0.25) is 0 Å². The Bertz CT molecular complexity index is 668. The van der Waals surface area contributed by atoms with Crippen LogP contribution in [0, 0.1) is 0 Å². The first-order valence-electron chi connectivity index (χ1n) is 9.44. The summed E-state index contributed by atoms with van der Waals surface area (Å²) in [5.41, 5.74) is 11.3. The van der Waals surface area contributed by atoms with Crippen LogP contribution in [0.4, 0.5) is 0 Å². The minimum atomic E-state index is 0.0423. The number of benzene rings is 1. The van der Waals surface area contributed by atoms with Gasteiger partial charge in [-0.3, -0.25) is 0 Å². The first-order chi connectivity index (χ1) is 12.5. The molecule has 1 atom stereocenters. The lowest BCUT2D eigenvalue weighted by Crippen LogP contribution is -2.34. The number of rotatable bonds is 9. The van der Waals surface area contributed by atoms with Crippen LogP contribution in [0.15, 0.2) is 56.3 Å². The molecule has 1 saturated heterocycles. The lowest BCUT2D eigenvalue weighted by molar-refractivity contribution is 0.370. The molecule has 140 valence electrons. The van der Waals surface area contributed by atoms with Gasteiger partial charge in [0.25, 0.3) is 0 Å². The van der Waals surface area contributed by atoms with Crippen molar-refractivity contribution in [2.24, 2.45) is 5.73 Å². The maximum Gasteiger partial charge on any atom is 0.0680 e. The van der Waals surface area contributed by atoms with E-state index < -0.39 is 0 Å². The molecule has 1 aliphatic heterocycles. The summed E-state index contributed by atoms with van der Waals surface area (Å²) in [6.07, 6.45) is 7.94. The summed E-state index contributed by atoms with van der Waals surface area (Å²) in [6, 6.07) is 6.73. The fourth-order valence-electron chi connectivity index (χ4n) is 3.69. The Labute approximate surface area is 159 Å². The van der Waals surface area contributed by atoms with Gasteiger partial charge in [-0.25, -0.2) is 0 Å². The first-order valence-corrected chi connectivity index (χ1v) is 9.44. The fourth-order valence-corrected chi connectivity index (χ4v) is 3.69. The third-order valence-electron chi connectivity index (χ3n) is 5.38. The molecule has 2 rings (SSSR count). The van der Waals surface area contributed by atoms with Crippen LogP contribution in [-0.2, 0) is 0 Å². The highest BCUT2D eigenvalue weighted by molar-refractivity contribution is 5.72. The molecule has 0 radical (unpaired) electrons. The van der Waals surface area contributed by atoms with Crippen LogP contribution in [0.1, 0.15) is 48.3 Å². The number of likely N-dealkylation sites (N-methyl/N-ethyl adjacent to an activating group) is 1. The van der Waals surface area contributed by atoms with Gasteiger partial charge >= 0.3 is 0 Å². The van der Waals surface area contributed by atoms with Gasteiger partial charge in [0.15, 0.2) is 0 Å². The van der Waals surface area contributed by atoms with Gasteiger partial charge in [-0.2, -0.15) is 0 Å². The molecule has 0 spiro atoms. The van der Waals surface area contributed by atoms with Crippen molar-refractivity contribution in [2.75, 3.05) is 20.1 Å². The molecule has 0 aliphatic carbocycles. The van der Waals surface area contributed by atoms with Crippen LogP contribution < -0.4 is 11.1 Å². The molecule has 1 aromatic carbocycles. The van der Waals surface area contributed by atoms with Crippen LogP contribution in [-0.4, -0.2) is 31.1 Å². The molecule has 0 amide bonds. The van der Waals surface area contributed by atoms with Crippen molar-refractivity contribution >= 4 is 11.8 Å². The van der Waals surface area contributed by atoms with E-state index in [0.29, 0.717) is 11.6 Å². The first kappa shape index (κ1) is 20.1. The molecule has 3 heteroatoms. The second-order valence-electron chi connectivity index (χ2n) is 7.09. The van der Waals surface area contributed by atoms with Crippen molar-refractivity contribution in [2.45, 2.75) is 37.6 Å². The lowest BCUT2D eigenvalue weighted by atomic mass is 9.87. The van der Waals surface area contributed by atoms with E-state index in [4.69, 9.17) is 5.73 Å². The molecule has 0 saturated carbocycles. The zero-order valence-corrected chi connectivity index (χ0v) is 16.1. The van der Waals surface area contributed by atoms with Crippen molar-refractivity contribution < 1.29 is 0 Å². The van der Waals surface area contributed by atoms with E-state index in [0.717, 1.165) is 42.8 Å². The highest BCUT2D eigenvalue weighted by atomic mass is 15.1. The Balaban J connectivity index is 2.31. The summed E-state index contributed by atoms with van der Waals surface area (Å²) < 4.78 is 0. The predicted octanol–water partition coefficient (Wildman–Crippen LogP) is 4.51. The van der Waals surface area contributed by atoms with E-state index in [9.17, 15) is 0 Å². The summed E-state index contributed by atoms with van der Waals surface area (Å²) in [5.74, 6) is 0.605. The van der Waals surface area contributed by atoms with E-state index >= 15 is 0 Å². The normalized spacial score (nSPS) is 15.9. The Morgan fingerprint density at radius 3 is 2.58 bits per heavy atom. The Kier molecular flexibility index (Phi) is 7.28. The molecule has 1 aromatic rings. The predicted molar refractivity (Wildman–Crippen MR) is 115 cm³/mol. The lowest BCUT2D eigenvalue weighted by Gasteiger charge is -2.33. The summed E-state index contributed by atoms with van der Waals surface area (Å²) >= 11 is 0. The van der Waals surface area contributed by atoms with Crippen molar-refractivity contribution in [3.63, 3.8) is 0 Å². The molecule has 3 nitrogen and oxygen atoms in total. The van der Waals surface area contributed by atoms with E-state index in [2.05, 4.69) is 54.7 Å². The quantitative estimate of drug-likeness (QED) is 0.643. The monoisotopic (exact) mass is 351 g/mol. The molecule has 1 heterocycles. The van der Waals surface area contributed by atoms with Crippen LogP contribution in [0.5, 0.6) is 0 Å². The summed E-state index contributed by atoms with van der Waals surface area (Å²) in [4.78, 5) is 2.14. The zero-order valence-electron chi connectivity index (χ0n) is 16.1. The van der Waals surface area contributed by atoms with Gasteiger partial charge in [-0.05, 0) is 61.9 Å². The number of hydrogen-bond donors (Lipinski definition) is 2. The highest BCUT2D eigenvalue weighted by Crippen LogP contribution is 2.31. The maximum atomic E-state index is 6.07. The highest BCUT2D eigenvalue weighted by Gasteiger charge is 2.21. The molecule has 1 aliphatic rings. The molecular formula is C23H33N3. The molecule has 3 N–H and O–H groups in total. The van der Waals surface area contributed by atoms with Gasteiger partial charge < -0.3 is 16.0 Å². The van der Waals surface area contributed by atoms with Gasteiger partial charge in [0, 0.05) is 24.0 Å². The average molecular weight is 352 g/mol. The van der Waals surface area contributed by atoms with Gasteiger partial charge in [-0.1, -0.05) is 44.0 Å². The SMILES string of the molecule is C=CCCC(C(=C)N)N(C)C(=C)c1cc(C2CCNCC2)ccc1C=C. The topological polar surface area (TPSA) is 41.3 Å². The minimum absolute atomic E-state index is 0.0423. The smallest absolute Gasteiger partial charge is 0.0680 e. The molecular weight excluding hydrogens is 318 g/mol. The number of nitrogens with one attached hydrogen (secondary N) is 1. The van der Waals surface area contributed by atoms with Crippen LogP contribution >= 0.6 is 0 Å². The summed E-state index contributed by atoms with van der Waals surface area (Å²) in [6.45, 7) is 18.3. The van der Waals surface area contributed by atoms with Crippen LogP contribution in [0.3, 0.4) is 0 Å². The third-order valence-corrected chi connectivity index (χ3v) is 5.38. The molecule has 1 fully saturated rings. The fraction of sp³-hybridized carbons (Fsp3) is 0.391.